The van der Waals surface area contributed by atoms with Gasteiger partial charge in [0.25, 0.3) is 5.91 Å². The van der Waals surface area contributed by atoms with Crippen LogP contribution in [0.2, 0.25) is 0 Å². The number of nitrogens with zero attached hydrogens (tertiary/aromatic N) is 3. The van der Waals surface area contributed by atoms with Crippen LogP contribution in [0.4, 0.5) is 0 Å². The fourth-order valence-electron chi connectivity index (χ4n) is 3.80. The third kappa shape index (κ3) is 3.65. The van der Waals surface area contributed by atoms with Crippen molar-refractivity contribution in [3.8, 4) is 5.69 Å². The largest absolute Gasteiger partial charge is 0.333 e. The van der Waals surface area contributed by atoms with E-state index in [1.807, 2.05) is 48.9 Å². The van der Waals surface area contributed by atoms with Crippen molar-refractivity contribution in [2.24, 2.45) is 0 Å². The van der Waals surface area contributed by atoms with E-state index in [2.05, 4.69) is 5.10 Å². The van der Waals surface area contributed by atoms with Crippen molar-refractivity contribution >= 4 is 15.7 Å². The zero-order valence-corrected chi connectivity index (χ0v) is 16.6. The van der Waals surface area contributed by atoms with Crippen LogP contribution in [0.25, 0.3) is 5.69 Å². The van der Waals surface area contributed by atoms with Crippen molar-refractivity contribution < 1.29 is 13.2 Å². The summed E-state index contributed by atoms with van der Waals surface area (Å²) in [5.41, 5.74) is 3.60. The first-order valence-electron chi connectivity index (χ1n) is 9.56. The van der Waals surface area contributed by atoms with Crippen LogP contribution in [0.3, 0.4) is 0 Å². The van der Waals surface area contributed by atoms with E-state index >= 15 is 0 Å². The molecular formula is C20H25N3O3S. The molecule has 6 nitrogen and oxygen atoms in total. The van der Waals surface area contributed by atoms with Gasteiger partial charge in [-0.1, -0.05) is 17.7 Å². The first-order chi connectivity index (χ1) is 12.9. The van der Waals surface area contributed by atoms with E-state index in [0.29, 0.717) is 24.6 Å². The number of aryl methyl sites for hydroxylation is 1. The highest BCUT2D eigenvalue weighted by atomic mass is 32.2. The second-order valence-corrected chi connectivity index (χ2v) is 9.85. The topological polar surface area (TPSA) is 72.3 Å². The highest BCUT2D eigenvalue weighted by Gasteiger charge is 2.36. The molecule has 1 amide bonds. The molecule has 1 saturated carbocycles. The lowest BCUT2D eigenvalue weighted by Crippen LogP contribution is -2.41. The molecule has 2 heterocycles. The van der Waals surface area contributed by atoms with Gasteiger partial charge in [-0.3, -0.25) is 4.79 Å². The van der Waals surface area contributed by atoms with Gasteiger partial charge < -0.3 is 4.90 Å². The summed E-state index contributed by atoms with van der Waals surface area (Å²) in [5, 5.41) is 4.62. The summed E-state index contributed by atoms with van der Waals surface area (Å²) in [6.45, 7) is 4.41. The second kappa shape index (κ2) is 6.78. The SMILES string of the molecule is CCN(C(=O)c1cc(C2CC2)n(-c2ccc(C)cc2)n1)C1CCS(=O)(=O)C1. The highest BCUT2D eigenvalue weighted by Crippen LogP contribution is 2.41. The van der Waals surface area contributed by atoms with Gasteiger partial charge in [-0.05, 0) is 51.3 Å². The highest BCUT2D eigenvalue weighted by molar-refractivity contribution is 7.91. The van der Waals surface area contributed by atoms with Gasteiger partial charge in [-0.2, -0.15) is 5.10 Å². The van der Waals surface area contributed by atoms with Crippen LogP contribution in [-0.2, 0) is 9.84 Å². The lowest BCUT2D eigenvalue weighted by Gasteiger charge is -2.25. The average molecular weight is 388 g/mol. The monoisotopic (exact) mass is 387 g/mol. The maximum atomic E-state index is 13.1. The summed E-state index contributed by atoms with van der Waals surface area (Å²) in [6, 6.07) is 9.76. The molecule has 0 bridgehead atoms. The number of benzene rings is 1. The molecule has 2 aromatic rings. The van der Waals surface area contributed by atoms with E-state index in [4.69, 9.17) is 0 Å². The fraction of sp³-hybridized carbons (Fsp3) is 0.500. The molecule has 144 valence electrons. The quantitative estimate of drug-likeness (QED) is 0.791. The molecule has 0 spiro atoms. The normalized spacial score (nSPS) is 21.3. The molecule has 2 aliphatic rings. The van der Waals surface area contributed by atoms with E-state index in [0.717, 1.165) is 24.2 Å². The lowest BCUT2D eigenvalue weighted by molar-refractivity contribution is 0.0702. The van der Waals surface area contributed by atoms with Crippen LogP contribution in [0.1, 0.15) is 53.8 Å². The fourth-order valence-corrected chi connectivity index (χ4v) is 5.53. The number of amides is 1. The van der Waals surface area contributed by atoms with Crippen LogP contribution < -0.4 is 0 Å². The lowest BCUT2D eigenvalue weighted by atomic mass is 10.2. The maximum Gasteiger partial charge on any atom is 0.274 e. The third-order valence-corrected chi connectivity index (χ3v) is 7.23. The first-order valence-corrected chi connectivity index (χ1v) is 11.4. The average Bonchev–Trinajstić information content (AvgIpc) is 3.28. The van der Waals surface area contributed by atoms with Crippen molar-refractivity contribution in [3.63, 3.8) is 0 Å². The molecule has 1 unspecified atom stereocenters. The summed E-state index contributed by atoms with van der Waals surface area (Å²) in [7, 11) is -3.04. The molecule has 1 saturated heterocycles. The number of hydrogen-bond acceptors (Lipinski definition) is 4. The minimum Gasteiger partial charge on any atom is -0.333 e. The molecule has 1 aliphatic heterocycles. The molecule has 1 atom stereocenters. The predicted octanol–water partition coefficient (Wildman–Crippen LogP) is 2.71. The summed E-state index contributed by atoms with van der Waals surface area (Å²) in [6.07, 6.45) is 2.74. The number of aromatic nitrogens is 2. The molecule has 1 aromatic heterocycles. The Morgan fingerprint density at radius 3 is 2.48 bits per heavy atom. The van der Waals surface area contributed by atoms with E-state index in [-0.39, 0.29) is 23.5 Å². The van der Waals surface area contributed by atoms with Gasteiger partial charge in [0, 0.05) is 24.2 Å². The number of rotatable bonds is 5. The predicted molar refractivity (Wildman–Crippen MR) is 104 cm³/mol. The van der Waals surface area contributed by atoms with Gasteiger partial charge in [-0.25, -0.2) is 13.1 Å². The van der Waals surface area contributed by atoms with Gasteiger partial charge in [0.05, 0.1) is 17.2 Å². The molecule has 27 heavy (non-hydrogen) atoms. The minimum absolute atomic E-state index is 0.0563. The summed E-state index contributed by atoms with van der Waals surface area (Å²) < 4.78 is 25.5. The van der Waals surface area contributed by atoms with Gasteiger partial charge in [-0.15, -0.1) is 0 Å². The maximum absolute atomic E-state index is 13.1. The smallest absolute Gasteiger partial charge is 0.274 e. The van der Waals surface area contributed by atoms with E-state index in [1.54, 1.807) is 4.90 Å². The Bertz CT molecular complexity index is 959. The van der Waals surface area contributed by atoms with Crippen LogP contribution in [0.15, 0.2) is 30.3 Å². The minimum atomic E-state index is -3.04. The van der Waals surface area contributed by atoms with E-state index in [1.165, 1.54) is 5.56 Å². The van der Waals surface area contributed by atoms with Crippen molar-refractivity contribution in [1.29, 1.82) is 0 Å². The molecule has 1 aliphatic carbocycles. The van der Waals surface area contributed by atoms with Crippen LogP contribution in [-0.4, -0.2) is 53.1 Å². The number of hydrogen-bond donors (Lipinski definition) is 0. The summed E-state index contributed by atoms with van der Waals surface area (Å²) in [5.74, 6) is 0.488. The van der Waals surface area contributed by atoms with Gasteiger partial charge in [0.2, 0.25) is 0 Å². The van der Waals surface area contributed by atoms with Crippen LogP contribution in [0.5, 0.6) is 0 Å². The van der Waals surface area contributed by atoms with Crippen molar-refractivity contribution in [2.75, 3.05) is 18.1 Å². The van der Waals surface area contributed by atoms with Gasteiger partial charge >= 0.3 is 0 Å². The summed E-state index contributed by atoms with van der Waals surface area (Å²) >= 11 is 0. The Hall–Kier alpha value is -2.15. The second-order valence-electron chi connectivity index (χ2n) is 7.62. The first kappa shape index (κ1) is 18.2. The Morgan fingerprint density at radius 2 is 1.93 bits per heavy atom. The molecule has 0 radical (unpaired) electrons. The third-order valence-electron chi connectivity index (χ3n) is 5.48. The zero-order chi connectivity index (χ0) is 19.2. The number of carbonyl (C=O) groups excluding carboxylic acids is 1. The zero-order valence-electron chi connectivity index (χ0n) is 15.8. The molecular weight excluding hydrogens is 362 g/mol. The van der Waals surface area contributed by atoms with Crippen molar-refractivity contribution in [1.82, 2.24) is 14.7 Å². The summed E-state index contributed by atoms with van der Waals surface area (Å²) in [4.78, 5) is 14.8. The Labute approximate surface area is 160 Å². The Balaban J connectivity index is 1.66. The van der Waals surface area contributed by atoms with Crippen LogP contribution in [0, 0.1) is 6.92 Å². The standard InChI is InChI=1S/C20H25N3O3S/c1-3-22(17-10-11-27(25,26)13-17)20(24)18-12-19(15-6-7-15)23(21-18)16-8-4-14(2)5-9-16/h4-5,8-9,12,15,17H,3,6-7,10-11,13H2,1-2H3. The van der Waals surface area contributed by atoms with Gasteiger partial charge in [0.1, 0.15) is 0 Å². The van der Waals surface area contributed by atoms with Crippen molar-refractivity contribution in [3.05, 3.63) is 47.3 Å². The molecule has 2 fully saturated rings. The van der Waals surface area contributed by atoms with E-state index in [9.17, 15) is 13.2 Å². The molecule has 1 aromatic carbocycles. The molecule has 0 N–H and O–H groups in total. The van der Waals surface area contributed by atoms with Crippen LogP contribution >= 0.6 is 0 Å². The van der Waals surface area contributed by atoms with E-state index < -0.39 is 9.84 Å². The molecule has 4 rings (SSSR count). The molecule has 7 heteroatoms. The van der Waals surface area contributed by atoms with Crippen molar-refractivity contribution in [2.45, 2.75) is 45.1 Å². The number of carbonyl (C=O) groups is 1. The Morgan fingerprint density at radius 1 is 1.22 bits per heavy atom. The van der Waals surface area contributed by atoms with Gasteiger partial charge in [0.15, 0.2) is 15.5 Å². The number of sulfone groups is 1. The Kier molecular flexibility index (Phi) is 4.58.